The Morgan fingerprint density at radius 2 is 1.79 bits per heavy atom. The van der Waals surface area contributed by atoms with Gasteiger partial charge in [0.15, 0.2) is 0 Å². The standard InChI is InChI=1S/C14H21BrO4/c1-16-6-3-7-18-8-9-19-11-12-10-13(17-2)4-5-14(12)15/h4-5,10H,3,6-9,11H2,1-2H3. The molecule has 0 aromatic heterocycles. The van der Waals surface area contributed by atoms with E-state index in [-0.39, 0.29) is 0 Å². The maximum absolute atomic E-state index is 5.56. The summed E-state index contributed by atoms with van der Waals surface area (Å²) < 4.78 is 22.1. The van der Waals surface area contributed by atoms with Crippen molar-refractivity contribution in [3.63, 3.8) is 0 Å². The zero-order valence-electron chi connectivity index (χ0n) is 11.5. The van der Waals surface area contributed by atoms with Crippen molar-refractivity contribution in [1.29, 1.82) is 0 Å². The molecule has 0 heterocycles. The molecule has 0 saturated carbocycles. The largest absolute Gasteiger partial charge is 0.497 e. The van der Waals surface area contributed by atoms with E-state index in [2.05, 4.69) is 15.9 Å². The van der Waals surface area contributed by atoms with Crippen LogP contribution in [0.15, 0.2) is 22.7 Å². The average Bonchev–Trinajstić information content (AvgIpc) is 2.43. The summed E-state index contributed by atoms with van der Waals surface area (Å²) in [5, 5.41) is 0. The van der Waals surface area contributed by atoms with E-state index in [4.69, 9.17) is 18.9 Å². The van der Waals surface area contributed by atoms with Crippen LogP contribution >= 0.6 is 15.9 Å². The molecule has 0 atom stereocenters. The highest BCUT2D eigenvalue weighted by atomic mass is 79.9. The first-order valence-electron chi connectivity index (χ1n) is 6.24. The topological polar surface area (TPSA) is 36.9 Å². The minimum absolute atomic E-state index is 0.541. The van der Waals surface area contributed by atoms with E-state index in [1.165, 1.54) is 0 Å². The summed E-state index contributed by atoms with van der Waals surface area (Å²) in [6, 6.07) is 5.83. The Bertz CT molecular complexity index is 357. The molecule has 0 unspecified atom stereocenters. The quantitative estimate of drug-likeness (QED) is 0.617. The molecule has 0 aliphatic carbocycles. The first-order chi connectivity index (χ1) is 9.27. The van der Waals surface area contributed by atoms with Gasteiger partial charge in [0, 0.05) is 24.8 Å². The van der Waals surface area contributed by atoms with Crippen molar-refractivity contribution in [3.05, 3.63) is 28.2 Å². The Balaban J connectivity index is 2.15. The van der Waals surface area contributed by atoms with E-state index in [0.29, 0.717) is 26.4 Å². The van der Waals surface area contributed by atoms with Crippen LogP contribution in [0.4, 0.5) is 0 Å². The van der Waals surface area contributed by atoms with Gasteiger partial charge >= 0.3 is 0 Å². The van der Waals surface area contributed by atoms with E-state index < -0.39 is 0 Å². The lowest BCUT2D eigenvalue weighted by Crippen LogP contribution is -2.07. The number of benzene rings is 1. The van der Waals surface area contributed by atoms with Crippen LogP contribution in [0.1, 0.15) is 12.0 Å². The van der Waals surface area contributed by atoms with Crippen molar-refractivity contribution in [2.45, 2.75) is 13.0 Å². The molecule has 108 valence electrons. The molecule has 0 aliphatic heterocycles. The van der Waals surface area contributed by atoms with Gasteiger partial charge in [-0.2, -0.15) is 0 Å². The lowest BCUT2D eigenvalue weighted by atomic mass is 10.2. The highest BCUT2D eigenvalue weighted by Gasteiger charge is 2.02. The smallest absolute Gasteiger partial charge is 0.119 e. The summed E-state index contributed by atoms with van der Waals surface area (Å²) in [7, 11) is 3.34. The third kappa shape index (κ3) is 6.92. The van der Waals surface area contributed by atoms with Crippen molar-refractivity contribution in [2.24, 2.45) is 0 Å². The lowest BCUT2D eigenvalue weighted by molar-refractivity contribution is 0.0335. The molecule has 0 aliphatic rings. The summed E-state index contributed by atoms with van der Waals surface area (Å²) in [6.45, 7) is 3.17. The van der Waals surface area contributed by atoms with Crippen LogP contribution in [0.5, 0.6) is 5.75 Å². The van der Waals surface area contributed by atoms with E-state index in [0.717, 1.165) is 28.8 Å². The number of hydrogen-bond acceptors (Lipinski definition) is 4. The summed E-state index contributed by atoms with van der Waals surface area (Å²) in [5.41, 5.74) is 1.07. The zero-order valence-corrected chi connectivity index (χ0v) is 13.1. The number of methoxy groups -OCH3 is 2. The van der Waals surface area contributed by atoms with Gasteiger partial charge in [-0.1, -0.05) is 15.9 Å². The summed E-state index contributed by atoms with van der Waals surface area (Å²) in [4.78, 5) is 0. The van der Waals surface area contributed by atoms with Crippen molar-refractivity contribution in [1.82, 2.24) is 0 Å². The molecular formula is C14H21BrO4. The fraction of sp³-hybridized carbons (Fsp3) is 0.571. The van der Waals surface area contributed by atoms with Crippen LogP contribution < -0.4 is 4.74 Å². The van der Waals surface area contributed by atoms with Crippen LogP contribution in [-0.4, -0.2) is 40.6 Å². The highest BCUT2D eigenvalue weighted by molar-refractivity contribution is 9.10. The van der Waals surface area contributed by atoms with Gasteiger partial charge in [-0.15, -0.1) is 0 Å². The Morgan fingerprint density at radius 3 is 2.53 bits per heavy atom. The minimum atomic E-state index is 0.541. The zero-order chi connectivity index (χ0) is 13.9. The summed E-state index contributed by atoms with van der Waals surface area (Å²) in [6.07, 6.45) is 0.915. The number of hydrogen-bond donors (Lipinski definition) is 0. The molecular weight excluding hydrogens is 312 g/mol. The lowest BCUT2D eigenvalue weighted by Gasteiger charge is -2.09. The van der Waals surface area contributed by atoms with Gasteiger partial charge in [0.1, 0.15) is 5.75 Å². The fourth-order valence-corrected chi connectivity index (χ4v) is 1.86. The molecule has 0 bridgehead atoms. The van der Waals surface area contributed by atoms with Crippen molar-refractivity contribution in [3.8, 4) is 5.75 Å². The molecule has 19 heavy (non-hydrogen) atoms. The van der Waals surface area contributed by atoms with Crippen molar-refractivity contribution in [2.75, 3.05) is 40.6 Å². The van der Waals surface area contributed by atoms with Crippen molar-refractivity contribution < 1.29 is 18.9 Å². The normalized spacial score (nSPS) is 10.7. The highest BCUT2D eigenvalue weighted by Crippen LogP contribution is 2.22. The fourth-order valence-electron chi connectivity index (χ4n) is 1.50. The number of rotatable bonds is 10. The molecule has 0 fully saturated rings. The second kappa shape index (κ2) is 10.2. The number of ether oxygens (including phenoxy) is 4. The Hall–Kier alpha value is -0.620. The third-order valence-corrected chi connectivity index (χ3v) is 3.29. The SMILES string of the molecule is COCCCOCCOCc1cc(OC)ccc1Br. The molecule has 1 rings (SSSR count). The molecule has 4 nitrogen and oxygen atoms in total. The Morgan fingerprint density at radius 1 is 1.00 bits per heavy atom. The first-order valence-corrected chi connectivity index (χ1v) is 7.04. The maximum Gasteiger partial charge on any atom is 0.119 e. The molecule has 0 N–H and O–H groups in total. The Labute approximate surface area is 123 Å². The molecule has 5 heteroatoms. The van der Waals surface area contributed by atoms with Gasteiger partial charge < -0.3 is 18.9 Å². The maximum atomic E-state index is 5.56. The van der Waals surface area contributed by atoms with Crippen LogP contribution in [0, 0.1) is 0 Å². The molecule has 0 saturated heterocycles. The molecule has 1 aromatic carbocycles. The molecule has 0 spiro atoms. The Kier molecular flexibility index (Phi) is 8.82. The van der Waals surface area contributed by atoms with E-state index in [9.17, 15) is 0 Å². The average molecular weight is 333 g/mol. The van der Waals surface area contributed by atoms with Gasteiger partial charge in [-0.25, -0.2) is 0 Å². The van der Waals surface area contributed by atoms with E-state index in [1.807, 2.05) is 18.2 Å². The second-order valence-corrected chi connectivity index (χ2v) is 4.82. The minimum Gasteiger partial charge on any atom is -0.497 e. The van der Waals surface area contributed by atoms with Gasteiger partial charge in [0.05, 0.1) is 26.9 Å². The monoisotopic (exact) mass is 332 g/mol. The van der Waals surface area contributed by atoms with Gasteiger partial charge in [0.25, 0.3) is 0 Å². The number of halogens is 1. The van der Waals surface area contributed by atoms with E-state index in [1.54, 1.807) is 14.2 Å². The predicted octanol–water partition coefficient (Wildman–Crippen LogP) is 3.03. The summed E-state index contributed by atoms with van der Waals surface area (Å²) >= 11 is 3.49. The molecule has 1 aromatic rings. The second-order valence-electron chi connectivity index (χ2n) is 3.97. The van der Waals surface area contributed by atoms with Gasteiger partial charge in [-0.05, 0) is 30.2 Å². The third-order valence-electron chi connectivity index (χ3n) is 2.52. The van der Waals surface area contributed by atoms with Crippen LogP contribution in [-0.2, 0) is 20.8 Å². The predicted molar refractivity (Wildman–Crippen MR) is 77.7 cm³/mol. The first kappa shape index (κ1) is 16.4. The van der Waals surface area contributed by atoms with Crippen LogP contribution in [0.2, 0.25) is 0 Å². The van der Waals surface area contributed by atoms with E-state index >= 15 is 0 Å². The van der Waals surface area contributed by atoms with Crippen LogP contribution in [0.25, 0.3) is 0 Å². The summed E-state index contributed by atoms with van der Waals surface area (Å²) in [5.74, 6) is 0.831. The van der Waals surface area contributed by atoms with Gasteiger partial charge in [-0.3, -0.25) is 0 Å². The molecule has 0 radical (unpaired) electrons. The molecule has 0 amide bonds. The van der Waals surface area contributed by atoms with Gasteiger partial charge in [0.2, 0.25) is 0 Å². The van der Waals surface area contributed by atoms with Crippen LogP contribution in [0.3, 0.4) is 0 Å². The van der Waals surface area contributed by atoms with Crippen molar-refractivity contribution >= 4 is 15.9 Å².